The lowest BCUT2D eigenvalue weighted by Gasteiger charge is -2.34. The van der Waals surface area contributed by atoms with Crippen molar-refractivity contribution in [3.05, 3.63) is 22.5 Å². The van der Waals surface area contributed by atoms with Crippen LogP contribution in [-0.2, 0) is 16.5 Å². The topological polar surface area (TPSA) is 81.1 Å². The van der Waals surface area contributed by atoms with E-state index in [9.17, 15) is 14.4 Å². The minimum absolute atomic E-state index is 0.130. The molecule has 0 aliphatic carbocycles. The number of nitrogens with zero attached hydrogens (tertiary/aromatic N) is 3. The molecule has 0 atom stereocenters. The summed E-state index contributed by atoms with van der Waals surface area (Å²) in [4.78, 5) is 40.3. The van der Waals surface area contributed by atoms with Gasteiger partial charge in [-0.25, -0.2) is 9.59 Å². The average Bonchev–Trinajstić information content (AvgIpc) is 2.84. The summed E-state index contributed by atoms with van der Waals surface area (Å²) in [5.74, 6) is -0.559. The summed E-state index contributed by atoms with van der Waals surface area (Å²) in [5.41, 5.74) is 2.28. The van der Waals surface area contributed by atoms with E-state index in [1.807, 2.05) is 6.92 Å². The van der Waals surface area contributed by atoms with Gasteiger partial charge in [-0.2, -0.15) is 0 Å². The Morgan fingerprint density at radius 2 is 1.46 bits per heavy atom. The molecule has 0 N–H and O–H groups in total. The van der Waals surface area contributed by atoms with Crippen molar-refractivity contribution >= 4 is 18.0 Å². The SMILES string of the molecule is CCOC(=O)c1c(C)c(C(=O)N2CCN(C(=O)OCC)CC2)c(C)n1C. The Bertz CT molecular complexity index is 702. The first kappa shape index (κ1) is 19.8. The molecule has 8 heteroatoms. The zero-order chi connectivity index (χ0) is 19.4. The minimum Gasteiger partial charge on any atom is -0.461 e. The predicted octanol–water partition coefficient (Wildman–Crippen LogP) is 1.73. The molecule has 0 spiro atoms. The molecule has 1 aliphatic heterocycles. The standard InChI is InChI=1S/C18H27N3O5/c1-6-25-17(23)15-12(3)14(13(4)19(15)5)16(22)20-8-10-21(11-9-20)18(24)26-7-2/h6-11H2,1-5H3. The third-order valence-electron chi connectivity index (χ3n) is 4.71. The van der Waals surface area contributed by atoms with E-state index in [1.54, 1.807) is 42.2 Å². The highest BCUT2D eigenvalue weighted by Gasteiger charge is 2.31. The molecule has 1 saturated heterocycles. The molecule has 2 heterocycles. The number of amides is 2. The van der Waals surface area contributed by atoms with Crippen molar-refractivity contribution in [2.24, 2.45) is 7.05 Å². The first-order chi connectivity index (χ1) is 12.3. The van der Waals surface area contributed by atoms with Crippen molar-refractivity contribution in [3.63, 3.8) is 0 Å². The smallest absolute Gasteiger partial charge is 0.409 e. The Morgan fingerprint density at radius 3 is 2.00 bits per heavy atom. The van der Waals surface area contributed by atoms with E-state index in [-0.39, 0.29) is 18.6 Å². The molecule has 0 radical (unpaired) electrons. The van der Waals surface area contributed by atoms with Crippen molar-refractivity contribution in [1.29, 1.82) is 0 Å². The van der Waals surface area contributed by atoms with Gasteiger partial charge in [-0.15, -0.1) is 0 Å². The largest absolute Gasteiger partial charge is 0.461 e. The molecular weight excluding hydrogens is 338 g/mol. The number of hydrogen-bond donors (Lipinski definition) is 0. The number of carbonyl (C=O) groups is 3. The molecule has 8 nitrogen and oxygen atoms in total. The summed E-state index contributed by atoms with van der Waals surface area (Å²) in [6.45, 7) is 9.43. The Labute approximate surface area is 153 Å². The quantitative estimate of drug-likeness (QED) is 0.759. The van der Waals surface area contributed by atoms with Gasteiger partial charge in [0.05, 0.1) is 18.8 Å². The van der Waals surface area contributed by atoms with Gasteiger partial charge in [0.25, 0.3) is 5.91 Å². The fraction of sp³-hybridized carbons (Fsp3) is 0.611. The molecule has 0 aromatic carbocycles. The molecule has 0 saturated carbocycles. The lowest BCUT2D eigenvalue weighted by Crippen LogP contribution is -2.50. The predicted molar refractivity (Wildman–Crippen MR) is 95.3 cm³/mol. The average molecular weight is 365 g/mol. The monoisotopic (exact) mass is 365 g/mol. The maximum atomic E-state index is 13.0. The van der Waals surface area contributed by atoms with Crippen molar-refractivity contribution < 1.29 is 23.9 Å². The number of carbonyl (C=O) groups excluding carboxylic acids is 3. The summed E-state index contributed by atoms with van der Waals surface area (Å²) >= 11 is 0. The van der Waals surface area contributed by atoms with Crippen LogP contribution in [-0.4, -0.2) is 71.7 Å². The van der Waals surface area contributed by atoms with E-state index < -0.39 is 5.97 Å². The summed E-state index contributed by atoms with van der Waals surface area (Å²) in [5, 5.41) is 0. The lowest BCUT2D eigenvalue weighted by molar-refractivity contribution is 0.0514. The molecular formula is C18H27N3O5. The van der Waals surface area contributed by atoms with Crippen LogP contribution in [0.3, 0.4) is 0 Å². The Kier molecular flexibility index (Phi) is 6.28. The molecule has 1 aliphatic rings. The first-order valence-corrected chi connectivity index (χ1v) is 8.87. The maximum absolute atomic E-state index is 13.0. The van der Waals surface area contributed by atoms with E-state index in [2.05, 4.69) is 0 Å². The van der Waals surface area contributed by atoms with E-state index in [4.69, 9.17) is 9.47 Å². The van der Waals surface area contributed by atoms with Crippen LogP contribution in [0, 0.1) is 13.8 Å². The number of aromatic nitrogens is 1. The van der Waals surface area contributed by atoms with Crippen LogP contribution >= 0.6 is 0 Å². The summed E-state index contributed by atoms with van der Waals surface area (Å²) < 4.78 is 11.8. The van der Waals surface area contributed by atoms with Crippen LogP contribution in [0.15, 0.2) is 0 Å². The molecule has 0 unspecified atom stereocenters. The van der Waals surface area contributed by atoms with Crippen molar-refractivity contribution in [3.8, 4) is 0 Å². The minimum atomic E-state index is -0.429. The molecule has 1 aromatic rings. The van der Waals surface area contributed by atoms with Crippen LogP contribution in [0.5, 0.6) is 0 Å². The summed E-state index contributed by atoms with van der Waals surface area (Å²) in [6.07, 6.45) is -0.351. The van der Waals surface area contributed by atoms with Gasteiger partial charge in [-0.1, -0.05) is 0 Å². The van der Waals surface area contributed by atoms with Crippen LogP contribution in [0.2, 0.25) is 0 Å². The maximum Gasteiger partial charge on any atom is 0.409 e. The summed E-state index contributed by atoms with van der Waals surface area (Å²) in [7, 11) is 1.75. The summed E-state index contributed by atoms with van der Waals surface area (Å²) in [6, 6.07) is 0. The normalized spacial score (nSPS) is 14.3. The van der Waals surface area contributed by atoms with Crippen LogP contribution in [0.1, 0.15) is 46.0 Å². The number of piperazine rings is 1. The van der Waals surface area contributed by atoms with Crippen molar-refractivity contribution in [1.82, 2.24) is 14.4 Å². The first-order valence-electron chi connectivity index (χ1n) is 8.87. The fourth-order valence-corrected chi connectivity index (χ4v) is 3.25. The van der Waals surface area contributed by atoms with Gasteiger partial charge in [0.2, 0.25) is 0 Å². The number of hydrogen-bond acceptors (Lipinski definition) is 5. The zero-order valence-electron chi connectivity index (χ0n) is 16.1. The highest BCUT2D eigenvalue weighted by molar-refractivity contribution is 6.01. The van der Waals surface area contributed by atoms with E-state index in [0.717, 1.165) is 5.69 Å². The van der Waals surface area contributed by atoms with Gasteiger partial charge in [0.15, 0.2) is 0 Å². The van der Waals surface area contributed by atoms with Gasteiger partial charge in [-0.3, -0.25) is 4.79 Å². The highest BCUT2D eigenvalue weighted by Crippen LogP contribution is 2.24. The fourth-order valence-electron chi connectivity index (χ4n) is 3.25. The molecule has 2 amide bonds. The molecule has 2 rings (SSSR count). The van der Waals surface area contributed by atoms with Gasteiger partial charge < -0.3 is 23.8 Å². The van der Waals surface area contributed by atoms with E-state index >= 15 is 0 Å². The van der Waals surface area contributed by atoms with Crippen LogP contribution < -0.4 is 0 Å². The van der Waals surface area contributed by atoms with E-state index in [1.165, 1.54) is 0 Å². The van der Waals surface area contributed by atoms with E-state index in [0.29, 0.717) is 49.6 Å². The second kappa shape index (κ2) is 8.25. The van der Waals surface area contributed by atoms with Gasteiger partial charge in [0, 0.05) is 38.9 Å². The lowest BCUT2D eigenvalue weighted by atomic mass is 10.1. The molecule has 26 heavy (non-hydrogen) atoms. The third-order valence-corrected chi connectivity index (χ3v) is 4.71. The number of rotatable bonds is 4. The molecule has 144 valence electrons. The Hall–Kier alpha value is -2.51. The van der Waals surface area contributed by atoms with Crippen molar-refractivity contribution in [2.75, 3.05) is 39.4 Å². The number of esters is 1. The van der Waals surface area contributed by atoms with Gasteiger partial charge in [-0.05, 0) is 33.3 Å². The second-order valence-corrected chi connectivity index (χ2v) is 6.19. The van der Waals surface area contributed by atoms with Gasteiger partial charge in [0.1, 0.15) is 5.69 Å². The highest BCUT2D eigenvalue weighted by atomic mass is 16.6. The number of ether oxygens (including phenoxy) is 2. The second-order valence-electron chi connectivity index (χ2n) is 6.19. The van der Waals surface area contributed by atoms with Crippen LogP contribution in [0.4, 0.5) is 4.79 Å². The van der Waals surface area contributed by atoms with Crippen molar-refractivity contribution in [2.45, 2.75) is 27.7 Å². The third kappa shape index (κ3) is 3.68. The zero-order valence-corrected chi connectivity index (χ0v) is 16.1. The molecule has 0 bridgehead atoms. The molecule has 1 aromatic heterocycles. The Balaban J connectivity index is 2.17. The molecule has 1 fully saturated rings. The van der Waals surface area contributed by atoms with Crippen LogP contribution in [0.25, 0.3) is 0 Å². The van der Waals surface area contributed by atoms with Gasteiger partial charge >= 0.3 is 12.1 Å². The Morgan fingerprint density at radius 1 is 0.923 bits per heavy atom.